The van der Waals surface area contributed by atoms with Crippen LogP contribution in [-0.2, 0) is 9.59 Å². The van der Waals surface area contributed by atoms with Gasteiger partial charge < -0.3 is 10.8 Å². The Morgan fingerprint density at radius 1 is 1.57 bits per heavy atom. The van der Waals surface area contributed by atoms with Crippen LogP contribution < -0.4 is 5.73 Å². The van der Waals surface area contributed by atoms with Gasteiger partial charge in [-0.05, 0) is 6.42 Å². The van der Waals surface area contributed by atoms with Crippen LogP contribution in [0.15, 0.2) is 0 Å². The molecule has 0 heterocycles. The van der Waals surface area contributed by atoms with Crippen LogP contribution in [0.4, 0.5) is 0 Å². The van der Waals surface area contributed by atoms with E-state index in [4.69, 9.17) is 16.1 Å². The standard InChI is InChI=1S/C8H13N3O3/c1-2-6(3-9)11(4-7(10)12)5-8(13)14/h6H,2,4-5H2,1H3,(H2,10,12)(H,13,14). The summed E-state index contributed by atoms with van der Waals surface area (Å²) in [6, 6.07) is 1.33. The molecule has 6 heteroatoms. The molecule has 3 N–H and O–H groups in total. The summed E-state index contributed by atoms with van der Waals surface area (Å²) < 4.78 is 0. The second-order valence-corrected chi connectivity index (χ2v) is 2.82. The number of rotatable bonds is 6. The highest BCUT2D eigenvalue weighted by Crippen LogP contribution is 2.02. The molecule has 0 aromatic carbocycles. The number of aliphatic carboxylic acids is 1. The largest absolute Gasteiger partial charge is 0.480 e. The lowest BCUT2D eigenvalue weighted by molar-refractivity contribution is -0.139. The minimum absolute atomic E-state index is 0.210. The molecule has 0 fully saturated rings. The molecule has 0 saturated carbocycles. The zero-order valence-electron chi connectivity index (χ0n) is 7.93. The first-order valence-electron chi connectivity index (χ1n) is 4.15. The Hall–Kier alpha value is -1.61. The molecule has 0 bridgehead atoms. The maximum atomic E-state index is 10.6. The summed E-state index contributed by atoms with van der Waals surface area (Å²) in [5.74, 6) is -1.72. The molecular weight excluding hydrogens is 186 g/mol. The average Bonchev–Trinajstić information content (AvgIpc) is 2.03. The number of primary amides is 1. The zero-order chi connectivity index (χ0) is 11.1. The van der Waals surface area contributed by atoms with Crippen LogP contribution in [0, 0.1) is 11.3 Å². The molecule has 0 rings (SSSR count). The van der Waals surface area contributed by atoms with Gasteiger partial charge in [-0.3, -0.25) is 14.5 Å². The molecule has 0 spiro atoms. The van der Waals surface area contributed by atoms with Gasteiger partial charge in [0.05, 0.1) is 25.2 Å². The number of nitrogens with two attached hydrogens (primary N) is 1. The van der Waals surface area contributed by atoms with Crippen molar-refractivity contribution in [3.8, 4) is 6.07 Å². The van der Waals surface area contributed by atoms with Gasteiger partial charge in [0.15, 0.2) is 0 Å². The lowest BCUT2D eigenvalue weighted by atomic mass is 10.2. The molecule has 0 aromatic rings. The van der Waals surface area contributed by atoms with Gasteiger partial charge in [-0.15, -0.1) is 0 Å². The second kappa shape index (κ2) is 5.94. The van der Waals surface area contributed by atoms with Crippen LogP contribution in [0.25, 0.3) is 0 Å². The summed E-state index contributed by atoms with van der Waals surface area (Å²) in [5, 5.41) is 17.2. The summed E-state index contributed by atoms with van der Waals surface area (Å²) in [6.45, 7) is 1.18. The predicted octanol–water partition coefficient (Wildman–Crippen LogP) is -0.840. The monoisotopic (exact) mass is 199 g/mol. The van der Waals surface area contributed by atoms with E-state index in [1.165, 1.54) is 4.90 Å². The lowest BCUT2D eigenvalue weighted by Crippen LogP contribution is -2.43. The molecule has 0 radical (unpaired) electrons. The number of carboxylic acid groups (broad SMARTS) is 1. The molecule has 0 saturated heterocycles. The van der Waals surface area contributed by atoms with Crippen LogP contribution >= 0.6 is 0 Å². The van der Waals surface area contributed by atoms with Gasteiger partial charge in [0.1, 0.15) is 0 Å². The highest BCUT2D eigenvalue weighted by atomic mass is 16.4. The Morgan fingerprint density at radius 3 is 2.43 bits per heavy atom. The fourth-order valence-corrected chi connectivity index (χ4v) is 1.08. The van der Waals surface area contributed by atoms with Gasteiger partial charge in [0, 0.05) is 0 Å². The number of hydrogen-bond donors (Lipinski definition) is 2. The number of hydrogen-bond acceptors (Lipinski definition) is 4. The van der Waals surface area contributed by atoms with Crippen molar-refractivity contribution in [1.29, 1.82) is 5.26 Å². The average molecular weight is 199 g/mol. The molecule has 1 atom stereocenters. The molecule has 0 aromatic heterocycles. The van der Waals surface area contributed by atoms with Gasteiger partial charge >= 0.3 is 5.97 Å². The number of nitrogens with zero attached hydrogens (tertiary/aromatic N) is 2. The summed E-state index contributed by atoms with van der Waals surface area (Å²) in [7, 11) is 0. The molecule has 0 aliphatic carbocycles. The highest BCUT2D eigenvalue weighted by Gasteiger charge is 2.20. The van der Waals surface area contributed by atoms with Crippen LogP contribution in [0.5, 0.6) is 0 Å². The van der Waals surface area contributed by atoms with E-state index < -0.39 is 17.9 Å². The molecule has 6 nitrogen and oxygen atoms in total. The van der Waals surface area contributed by atoms with Gasteiger partial charge in [0.2, 0.25) is 5.91 Å². The summed E-state index contributed by atoms with van der Waals surface area (Å²) in [5.41, 5.74) is 4.93. The molecule has 1 amide bonds. The summed E-state index contributed by atoms with van der Waals surface area (Å²) in [6.07, 6.45) is 0.455. The van der Waals surface area contributed by atoms with E-state index in [1.807, 2.05) is 6.07 Å². The maximum absolute atomic E-state index is 10.6. The van der Waals surface area contributed by atoms with Crippen molar-refractivity contribution in [3.63, 3.8) is 0 Å². The number of nitriles is 1. The van der Waals surface area contributed by atoms with Crippen LogP contribution in [0.2, 0.25) is 0 Å². The van der Waals surface area contributed by atoms with Crippen molar-refractivity contribution in [2.24, 2.45) is 5.73 Å². The van der Waals surface area contributed by atoms with E-state index in [2.05, 4.69) is 0 Å². The third-order valence-corrected chi connectivity index (χ3v) is 1.67. The molecule has 14 heavy (non-hydrogen) atoms. The second-order valence-electron chi connectivity index (χ2n) is 2.82. The molecule has 1 unspecified atom stereocenters. The first-order valence-corrected chi connectivity index (χ1v) is 4.15. The van der Waals surface area contributed by atoms with Crippen molar-refractivity contribution >= 4 is 11.9 Å². The van der Waals surface area contributed by atoms with E-state index in [-0.39, 0.29) is 13.1 Å². The third-order valence-electron chi connectivity index (χ3n) is 1.67. The van der Waals surface area contributed by atoms with Crippen molar-refractivity contribution < 1.29 is 14.7 Å². The fourth-order valence-electron chi connectivity index (χ4n) is 1.08. The van der Waals surface area contributed by atoms with E-state index in [0.29, 0.717) is 6.42 Å². The normalized spacial score (nSPS) is 12.1. The first kappa shape index (κ1) is 12.4. The lowest BCUT2D eigenvalue weighted by Gasteiger charge is -2.22. The molecule has 0 aliphatic rings. The zero-order valence-corrected chi connectivity index (χ0v) is 7.93. The number of carbonyl (C=O) groups is 2. The summed E-state index contributed by atoms with van der Waals surface area (Å²) in [4.78, 5) is 22.3. The Labute approximate surface area is 81.9 Å². The Morgan fingerprint density at radius 2 is 2.14 bits per heavy atom. The molecule has 0 aliphatic heterocycles. The van der Waals surface area contributed by atoms with Gasteiger partial charge in [0.25, 0.3) is 0 Å². The van der Waals surface area contributed by atoms with Crippen LogP contribution in [0.3, 0.4) is 0 Å². The van der Waals surface area contributed by atoms with E-state index >= 15 is 0 Å². The quantitative estimate of drug-likeness (QED) is 0.580. The van der Waals surface area contributed by atoms with Crippen LogP contribution in [0.1, 0.15) is 13.3 Å². The van der Waals surface area contributed by atoms with Gasteiger partial charge in [-0.2, -0.15) is 5.26 Å². The number of carbonyl (C=O) groups excluding carboxylic acids is 1. The topological polar surface area (TPSA) is 107 Å². The van der Waals surface area contributed by atoms with Crippen molar-refractivity contribution in [1.82, 2.24) is 4.90 Å². The van der Waals surface area contributed by atoms with E-state index in [9.17, 15) is 9.59 Å². The summed E-state index contributed by atoms with van der Waals surface area (Å²) >= 11 is 0. The first-order chi connectivity index (χ1) is 6.51. The third kappa shape index (κ3) is 4.42. The van der Waals surface area contributed by atoms with Crippen molar-refractivity contribution in [2.75, 3.05) is 13.1 Å². The molecule has 78 valence electrons. The minimum Gasteiger partial charge on any atom is -0.480 e. The van der Waals surface area contributed by atoms with E-state index in [1.54, 1.807) is 6.92 Å². The smallest absolute Gasteiger partial charge is 0.317 e. The number of amides is 1. The van der Waals surface area contributed by atoms with Crippen molar-refractivity contribution in [2.45, 2.75) is 19.4 Å². The van der Waals surface area contributed by atoms with E-state index in [0.717, 1.165) is 0 Å². The highest BCUT2D eigenvalue weighted by molar-refractivity contribution is 5.77. The predicted molar refractivity (Wildman–Crippen MR) is 48.1 cm³/mol. The maximum Gasteiger partial charge on any atom is 0.317 e. The Bertz CT molecular complexity index is 243. The number of carboxylic acids is 1. The minimum atomic E-state index is -1.08. The van der Waals surface area contributed by atoms with Gasteiger partial charge in [-0.25, -0.2) is 0 Å². The van der Waals surface area contributed by atoms with Gasteiger partial charge in [-0.1, -0.05) is 6.92 Å². The Kier molecular flexibility index (Phi) is 5.26. The van der Waals surface area contributed by atoms with Crippen molar-refractivity contribution in [3.05, 3.63) is 0 Å². The Balaban J connectivity index is 4.45. The van der Waals surface area contributed by atoms with Crippen LogP contribution in [-0.4, -0.2) is 41.0 Å². The fraction of sp³-hybridized carbons (Fsp3) is 0.625. The molecular formula is C8H13N3O3. The SMILES string of the molecule is CCC(C#N)N(CC(N)=O)CC(=O)O.